The van der Waals surface area contributed by atoms with Crippen molar-refractivity contribution in [3.05, 3.63) is 12.7 Å². The molecule has 0 aromatic carbocycles. The summed E-state index contributed by atoms with van der Waals surface area (Å²) in [7, 11) is -12.2. The molecule has 2 aromatic rings. The maximum Gasteiger partial charge on any atom is 0.343 e. The molecule has 0 amide bonds. The lowest BCUT2D eigenvalue weighted by molar-refractivity contribution is -1.10. The second-order valence-electron chi connectivity index (χ2n) is 16.3. The van der Waals surface area contributed by atoms with Crippen molar-refractivity contribution in [2.24, 2.45) is 0 Å². The maximum absolute atomic E-state index is 12.0. The van der Waals surface area contributed by atoms with Gasteiger partial charge in [0.05, 0.1) is 52.2 Å². The number of fused-ring (bicyclic) bond motifs is 2. The van der Waals surface area contributed by atoms with Gasteiger partial charge in [-0.15, -0.1) is 0 Å². The number of nitrogen functional groups attached to an aromatic ring is 1. The molecule has 0 saturated carbocycles. The molecule has 3 saturated heterocycles. The largest absolute Gasteiger partial charge is 0.776 e. The van der Waals surface area contributed by atoms with Gasteiger partial charge in [-0.25, -0.2) is 15.0 Å². The van der Waals surface area contributed by atoms with Crippen LogP contribution in [0.4, 0.5) is 5.82 Å². The standard InChI is InChI=1S/C25H56N2.C13H16Cl2N5O11P3/c1-7-13-19-26(20-14-8-2,21-15-9-3)25-27(22-16-10-4,23-17-11-5)24-18-12-6;1-25-12-28-7-5(2-26-32-30-33(21,22)13(14,15)34(23,24)31-32)27-11(8(7)29-12)20-4-19-6-9(16)17-3-18-10(6)20/h7-25H2,1-6H3;3-5,7-8,11-12H,2H2,1H3,(H,21,22)(H,23,24)(H2,16,17,18)/q+2;/p-2/t;5-,7-,8-,11-,12?/m.1/s1. The van der Waals surface area contributed by atoms with E-state index in [4.69, 9.17) is 52.4 Å². The van der Waals surface area contributed by atoms with E-state index in [1.165, 1.54) is 152 Å². The number of halogens is 2. The number of hydrogen-bond donors (Lipinski definition) is 1. The van der Waals surface area contributed by atoms with Crippen molar-refractivity contribution < 1.29 is 60.0 Å². The van der Waals surface area contributed by atoms with Crippen LogP contribution in [0, 0.1) is 0 Å². The summed E-state index contributed by atoms with van der Waals surface area (Å²) in [4.78, 5) is 36.3. The van der Waals surface area contributed by atoms with Crippen molar-refractivity contribution in [1.29, 1.82) is 0 Å². The normalized spacial score (nSPS) is 28.8. The van der Waals surface area contributed by atoms with Crippen LogP contribution in [0.2, 0.25) is 0 Å². The number of imidazole rings is 1. The van der Waals surface area contributed by atoms with E-state index in [0.717, 1.165) is 0 Å². The van der Waals surface area contributed by atoms with Gasteiger partial charge in [0, 0.05) is 7.11 Å². The molecule has 3 fully saturated rings. The quantitative estimate of drug-likeness (QED) is 0.0434. The summed E-state index contributed by atoms with van der Waals surface area (Å²) in [6, 6.07) is 0. The number of alkyl halides is 2. The van der Waals surface area contributed by atoms with Crippen LogP contribution in [-0.4, -0.2) is 117 Å². The lowest BCUT2D eigenvalue weighted by Gasteiger charge is -2.48. The molecule has 352 valence electrons. The Hall–Kier alpha value is -0.620. The maximum atomic E-state index is 12.0. The van der Waals surface area contributed by atoms with E-state index >= 15 is 0 Å². The molecule has 0 spiro atoms. The first-order valence-electron chi connectivity index (χ1n) is 22.0. The Morgan fingerprint density at radius 1 is 0.770 bits per heavy atom. The van der Waals surface area contributed by atoms with Crippen molar-refractivity contribution in [2.75, 3.05) is 65.4 Å². The zero-order chi connectivity index (χ0) is 44.9. The molecule has 0 aliphatic carbocycles. The SMILES string of the molecule is CCCC[N+](CCCC)(CCCC)C[N+](CCCC)(CCCC)CCCC.COC1O[C@@H]2[C@H](O1)[C@@H](COP1OP(=O)([O-])C(Cl)(Cl)P(=O)([O-])O1)O[C@H]2n1cnc2c(N)ncnc21. The van der Waals surface area contributed by atoms with Gasteiger partial charge in [-0.2, -0.15) is 0 Å². The Morgan fingerprint density at radius 2 is 1.23 bits per heavy atom. The van der Waals surface area contributed by atoms with Crippen molar-refractivity contribution in [1.82, 2.24) is 19.5 Å². The van der Waals surface area contributed by atoms with Crippen molar-refractivity contribution >= 4 is 64.0 Å². The molecule has 2 aromatic heterocycles. The molecule has 3 aliphatic heterocycles. The fourth-order valence-electron chi connectivity index (χ4n) is 8.14. The summed E-state index contributed by atoms with van der Waals surface area (Å²) in [5.41, 5.74) is 6.52. The molecule has 23 heteroatoms. The predicted molar refractivity (Wildman–Crippen MR) is 233 cm³/mol. The third kappa shape index (κ3) is 13.3. The molecular formula is C38H70Cl2N7O11P3. The van der Waals surface area contributed by atoms with Gasteiger partial charge < -0.3 is 48.1 Å². The second kappa shape index (κ2) is 24.2. The summed E-state index contributed by atoms with van der Waals surface area (Å²) in [6.45, 7) is 22.7. The van der Waals surface area contributed by atoms with Crippen LogP contribution in [0.25, 0.3) is 11.2 Å². The number of aromatic nitrogens is 4. The van der Waals surface area contributed by atoms with Gasteiger partial charge in [-0.3, -0.25) is 22.2 Å². The monoisotopic (exact) mass is 963 g/mol. The highest BCUT2D eigenvalue weighted by Gasteiger charge is 2.58. The number of methoxy groups -OCH3 is 1. The Bertz CT molecular complexity index is 1640. The van der Waals surface area contributed by atoms with Gasteiger partial charge in [0.25, 0.3) is 6.48 Å². The number of unbranched alkanes of at least 4 members (excludes halogenated alkanes) is 6. The molecule has 2 N–H and O–H groups in total. The van der Waals surface area contributed by atoms with Gasteiger partial charge in [-0.05, 0) is 38.5 Å². The smallest absolute Gasteiger partial charge is 0.343 e. The predicted octanol–water partition coefficient (Wildman–Crippen LogP) is 7.88. The second-order valence-corrected chi connectivity index (χ2v) is 24.4. The Kier molecular flexibility index (Phi) is 21.1. The fraction of sp³-hybridized carbons (Fsp3) is 0.868. The van der Waals surface area contributed by atoms with E-state index in [9.17, 15) is 18.9 Å². The van der Waals surface area contributed by atoms with Gasteiger partial charge in [0.1, 0.15) is 30.2 Å². The van der Waals surface area contributed by atoms with E-state index in [1.54, 1.807) is 4.57 Å². The number of rotatable bonds is 25. The van der Waals surface area contributed by atoms with E-state index in [1.807, 2.05) is 0 Å². The summed E-state index contributed by atoms with van der Waals surface area (Å²) < 4.78 is 62.1. The molecule has 61 heavy (non-hydrogen) atoms. The van der Waals surface area contributed by atoms with E-state index < -0.39 is 65.2 Å². The first-order valence-corrected chi connectivity index (χ1v) is 26.9. The highest BCUT2D eigenvalue weighted by molar-refractivity contribution is 7.85. The zero-order valence-electron chi connectivity index (χ0n) is 37.0. The highest BCUT2D eigenvalue weighted by atomic mass is 35.5. The minimum Gasteiger partial charge on any atom is -0.776 e. The minimum absolute atomic E-state index is 0.157. The van der Waals surface area contributed by atoms with Crippen LogP contribution in [0.15, 0.2) is 12.7 Å². The Morgan fingerprint density at radius 3 is 1.67 bits per heavy atom. The van der Waals surface area contributed by atoms with Crippen LogP contribution in [0.1, 0.15) is 125 Å². The Balaban J connectivity index is 0.000000278. The average Bonchev–Trinajstić information content (AvgIpc) is 3.95. The molecule has 3 aliphatic rings. The molecule has 7 atom stereocenters. The molecule has 3 unspecified atom stereocenters. The molecule has 18 nitrogen and oxygen atoms in total. The van der Waals surface area contributed by atoms with Crippen LogP contribution in [0.3, 0.4) is 0 Å². The average molecular weight is 965 g/mol. The van der Waals surface area contributed by atoms with E-state index in [-0.39, 0.29) is 5.82 Å². The number of ether oxygens (including phenoxy) is 4. The molecule has 0 radical (unpaired) electrons. The van der Waals surface area contributed by atoms with Crippen LogP contribution < -0.4 is 15.5 Å². The number of nitrogens with two attached hydrogens (primary N) is 1. The number of nitrogens with zero attached hydrogens (tertiary/aromatic N) is 6. The van der Waals surface area contributed by atoms with Gasteiger partial charge >= 0.3 is 8.60 Å². The van der Waals surface area contributed by atoms with Crippen molar-refractivity contribution in [3.8, 4) is 0 Å². The number of anilines is 1. The summed E-state index contributed by atoms with van der Waals surface area (Å²) in [5, 5.41) is 0. The highest BCUT2D eigenvalue weighted by Crippen LogP contribution is 2.85. The topological polar surface area (TPSA) is 214 Å². The van der Waals surface area contributed by atoms with Crippen LogP contribution >= 0.6 is 47.0 Å². The Labute approximate surface area is 373 Å². The van der Waals surface area contributed by atoms with Crippen LogP contribution in [-0.2, 0) is 41.2 Å². The summed E-state index contributed by atoms with van der Waals surface area (Å²) >= 11 is 10.8. The third-order valence-electron chi connectivity index (χ3n) is 11.5. The van der Waals surface area contributed by atoms with Crippen molar-refractivity contribution in [2.45, 2.75) is 153 Å². The number of hydrogen-bond acceptors (Lipinski definition) is 15. The van der Waals surface area contributed by atoms with Gasteiger partial charge in [-0.1, -0.05) is 103 Å². The van der Waals surface area contributed by atoms with E-state index in [0.29, 0.717) is 11.2 Å². The van der Waals surface area contributed by atoms with E-state index in [2.05, 4.69) is 65.1 Å². The first-order chi connectivity index (χ1) is 29.0. The zero-order valence-corrected chi connectivity index (χ0v) is 41.2. The summed E-state index contributed by atoms with van der Waals surface area (Å²) in [5.74, 6) is 0.157. The van der Waals surface area contributed by atoms with Crippen LogP contribution in [0.5, 0.6) is 0 Å². The molecular weight excluding hydrogens is 894 g/mol. The molecule has 5 rings (SSSR count). The lowest BCUT2D eigenvalue weighted by atomic mass is 10.1. The minimum atomic E-state index is -5.32. The first kappa shape index (κ1) is 53.0. The van der Waals surface area contributed by atoms with Crippen molar-refractivity contribution in [3.63, 3.8) is 0 Å². The van der Waals surface area contributed by atoms with Gasteiger partial charge in [0.15, 0.2) is 32.9 Å². The molecule has 5 heterocycles. The summed E-state index contributed by atoms with van der Waals surface area (Å²) in [6.07, 6.45) is 15.9. The van der Waals surface area contributed by atoms with Gasteiger partial charge in [0.2, 0.25) is 10.5 Å². The third-order valence-corrected chi connectivity index (χ3v) is 20.0. The fourth-order valence-corrected chi connectivity index (χ4v) is 14.3. The molecule has 0 bridgehead atoms. The lowest BCUT2D eigenvalue weighted by Crippen LogP contribution is -2.64. The number of quaternary nitrogens is 2.